The van der Waals surface area contributed by atoms with Crippen LogP contribution in [0.4, 0.5) is 17.3 Å². The normalized spacial score (nSPS) is 13.8. The van der Waals surface area contributed by atoms with Gasteiger partial charge < -0.3 is 26.1 Å². The number of nitrogen functional groups attached to an aromatic ring is 1. The number of aryl methyl sites for hydroxylation is 1. The molecule has 0 aliphatic carbocycles. The summed E-state index contributed by atoms with van der Waals surface area (Å²) in [6, 6.07) is 10.6. The van der Waals surface area contributed by atoms with E-state index in [1.54, 1.807) is 40.9 Å². The molecule has 1 aromatic heterocycles. The molecule has 0 radical (unpaired) electrons. The Morgan fingerprint density at radius 2 is 1.94 bits per heavy atom. The van der Waals surface area contributed by atoms with Crippen LogP contribution in [-0.4, -0.2) is 58.1 Å². The number of carbonyl (C=O) groups is 1. The number of ether oxygens (including phenoxy) is 1. The van der Waals surface area contributed by atoms with E-state index in [1.807, 2.05) is 12.1 Å². The topological polar surface area (TPSA) is 122 Å². The van der Waals surface area contributed by atoms with Crippen LogP contribution in [0, 0.1) is 5.41 Å². The number of anilines is 3. The van der Waals surface area contributed by atoms with Gasteiger partial charge in [0.2, 0.25) is 5.95 Å². The molecule has 0 atom stereocenters. The molecule has 1 aliphatic rings. The van der Waals surface area contributed by atoms with Crippen LogP contribution in [-0.2, 0) is 11.8 Å². The molecule has 9 nitrogen and oxygen atoms in total. The standard InChI is InChI=1S/C21H22ClN7O2/c1-28-21(25-17-7-6-16(24)15(12-23)18(17)22)26-19(27-28)13-2-4-14(5-3-13)20(30)29-8-10-31-11-9-29/h2-7,12,23H,8-11,24H2,1H3,(H,25,26,27). The fourth-order valence-electron chi connectivity index (χ4n) is 3.30. The van der Waals surface area contributed by atoms with E-state index in [0.717, 1.165) is 11.8 Å². The summed E-state index contributed by atoms with van der Waals surface area (Å²) in [6.07, 6.45) is 1.12. The molecule has 1 aliphatic heterocycles. The van der Waals surface area contributed by atoms with E-state index < -0.39 is 0 Å². The predicted octanol–water partition coefficient (Wildman–Crippen LogP) is 2.93. The van der Waals surface area contributed by atoms with Crippen molar-refractivity contribution in [2.24, 2.45) is 7.05 Å². The van der Waals surface area contributed by atoms with E-state index in [1.165, 1.54) is 0 Å². The lowest BCUT2D eigenvalue weighted by molar-refractivity contribution is 0.0303. The zero-order valence-corrected chi connectivity index (χ0v) is 17.7. The van der Waals surface area contributed by atoms with Crippen LogP contribution in [0.3, 0.4) is 0 Å². The van der Waals surface area contributed by atoms with Crippen molar-refractivity contribution in [1.82, 2.24) is 19.7 Å². The van der Waals surface area contributed by atoms with Crippen molar-refractivity contribution >= 4 is 41.0 Å². The van der Waals surface area contributed by atoms with Gasteiger partial charge in [-0.05, 0) is 24.3 Å². The Balaban J connectivity index is 1.54. The van der Waals surface area contributed by atoms with Gasteiger partial charge in [-0.2, -0.15) is 4.98 Å². The van der Waals surface area contributed by atoms with Gasteiger partial charge in [-0.3, -0.25) is 4.79 Å². The fourth-order valence-corrected chi connectivity index (χ4v) is 3.57. The maximum atomic E-state index is 12.6. The summed E-state index contributed by atoms with van der Waals surface area (Å²) in [7, 11) is 1.76. The minimum Gasteiger partial charge on any atom is -0.398 e. The van der Waals surface area contributed by atoms with Crippen molar-refractivity contribution in [2.75, 3.05) is 37.4 Å². The van der Waals surface area contributed by atoms with Gasteiger partial charge in [0, 0.05) is 48.7 Å². The lowest BCUT2D eigenvalue weighted by atomic mass is 10.1. The quantitative estimate of drug-likeness (QED) is 0.415. The Labute approximate surface area is 184 Å². The molecule has 3 aromatic rings. The summed E-state index contributed by atoms with van der Waals surface area (Å²) < 4.78 is 6.90. The summed E-state index contributed by atoms with van der Waals surface area (Å²) in [4.78, 5) is 18.9. The van der Waals surface area contributed by atoms with Crippen molar-refractivity contribution < 1.29 is 9.53 Å². The lowest BCUT2D eigenvalue weighted by Gasteiger charge is -2.26. The first-order valence-corrected chi connectivity index (χ1v) is 10.1. The Morgan fingerprint density at radius 3 is 2.61 bits per heavy atom. The smallest absolute Gasteiger partial charge is 0.254 e. The van der Waals surface area contributed by atoms with Crippen molar-refractivity contribution in [3.05, 3.63) is 52.5 Å². The number of nitrogens with two attached hydrogens (primary N) is 1. The Kier molecular flexibility index (Phi) is 5.88. The first-order chi connectivity index (χ1) is 15.0. The summed E-state index contributed by atoms with van der Waals surface area (Å²) in [5, 5.41) is 15.4. The second-order valence-corrected chi connectivity index (χ2v) is 7.44. The first kappa shape index (κ1) is 20.8. The lowest BCUT2D eigenvalue weighted by Crippen LogP contribution is -2.40. The Bertz CT molecular complexity index is 1120. The number of hydrogen-bond acceptors (Lipinski definition) is 7. The van der Waals surface area contributed by atoms with Gasteiger partial charge in [-0.25, -0.2) is 4.68 Å². The fraction of sp³-hybridized carbons (Fsp3) is 0.238. The largest absolute Gasteiger partial charge is 0.398 e. The molecule has 0 unspecified atom stereocenters. The summed E-state index contributed by atoms with van der Waals surface area (Å²) in [5.41, 5.74) is 8.70. The highest BCUT2D eigenvalue weighted by Gasteiger charge is 2.19. The van der Waals surface area contributed by atoms with Crippen LogP contribution in [0.2, 0.25) is 5.02 Å². The van der Waals surface area contributed by atoms with E-state index in [4.69, 9.17) is 27.5 Å². The molecular formula is C21H22ClN7O2. The van der Waals surface area contributed by atoms with Crippen LogP contribution in [0.15, 0.2) is 36.4 Å². The van der Waals surface area contributed by atoms with Gasteiger partial charge in [-0.15, -0.1) is 5.10 Å². The van der Waals surface area contributed by atoms with Gasteiger partial charge in [0.1, 0.15) is 0 Å². The molecule has 0 bridgehead atoms. The molecule has 1 amide bonds. The number of nitrogens with zero attached hydrogens (tertiary/aromatic N) is 4. The molecule has 2 heterocycles. The van der Waals surface area contributed by atoms with E-state index in [-0.39, 0.29) is 5.91 Å². The summed E-state index contributed by atoms with van der Waals surface area (Å²) in [6.45, 7) is 2.34. The van der Waals surface area contributed by atoms with Gasteiger partial charge in [0.05, 0.1) is 23.9 Å². The molecule has 4 N–H and O–H groups in total. The van der Waals surface area contributed by atoms with Gasteiger partial charge in [0.25, 0.3) is 5.91 Å². The predicted molar refractivity (Wildman–Crippen MR) is 120 cm³/mol. The second kappa shape index (κ2) is 8.75. The van der Waals surface area contributed by atoms with Crippen LogP contribution in [0.5, 0.6) is 0 Å². The number of benzene rings is 2. The minimum atomic E-state index is -0.00817. The third kappa shape index (κ3) is 4.23. The molecule has 1 fully saturated rings. The van der Waals surface area contributed by atoms with Crippen molar-refractivity contribution in [1.29, 1.82) is 5.41 Å². The second-order valence-electron chi connectivity index (χ2n) is 7.06. The van der Waals surface area contributed by atoms with Crippen LogP contribution >= 0.6 is 11.6 Å². The first-order valence-electron chi connectivity index (χ1n) is 9.72. The highest BCUT2D eigenvalue weighted by atomic mass is 35.5. The third-order valence-electron chi connectivity index (χ3n) is 5.06. The molecule has 1 saturated heterocycles. The van der Waals surface area contributed by atoms with Crippen molar-refractivity contribution in [3.63, 3.8) is 0 Å². The van der Waals surface area contributed by atoms with Crippen molar-refractivity contribution in [3.8, 4) is 11.4 Å². The number of rotatable bonds is 5. The van der Waals surface area contributed by atoms with E-state index in [2.05, 4.69) is 15.4 Å². The summed E-state index contributed by atoms with van der Waals surface area (Å²) in [5.74, 6) is 0.978. The number of hydrogen-bond donors (Lipinski definition) is 3. The highest BCUT2D eigenvalue weighted by molar-refractivity contribution is 6.36. The van der Waals surface area contributed by atoms with Crippen LogP contribution in [0.1, 0.15) is 15.9 Å². The number of halogens is 1. The van der Waals surface area contributed by atoms with Gasteiger partial charge >= 0.3 is 0 Å². The van der Waals surface area contributed by atoms with Crippen LogP contribution in [0.25, 0.3) is 11.4 Å². The van der Waals surface area contributed by atoms with E-state index in [0.29, 0.717) is 65.6 Å². The highest BCUT2D eigenvalue weighted by Crippen LogP contribution is 2.31. The zero-order chi connectivity index (χ0) is 22.0. The number of aromatic nitrogens is 3. The average molecular weight is 440 g/mol. The van der Waals surface area contributed by atoms with Crippen LogP contribution < -0.4 is 11.1 Å². The molecule has 0 saturated carbocycles. The molecule has 0 spiro atoms. The van der Waals surface area contributed by atoms with Gasteiger partial charge in [0.15, 0.2) is 5.82 Å². The maximum Gasteiger partial charge on any atom is 0.254 e. The number of amides is 1. The molecule has 2 aromatic carbocycles. The molecule has 10 heteroatoms. The third-order valence-corrected chi connectivity index (χ3v) is 5.46. The number of nitrogens with one attached hydrogen (secondary N) is 2. The molecular weight excluding hydrogens is 418 g/mol. The van der Waals surface area contributed by atoms with E-state index in [9.17, 15) is 4.79 Å². The summed E-state index contributed by atoms with van der Waals surface area (Å²) >= 11 is 6.36. The molecule has 4 rings (SSSR count). The molecule has 160 valence electrons. The number of carbonyl (C=O) groups excluding carboxylic acids is 1. The Morgan fingerprint density at radius 1 is 1.23 bits per heavy atom. The van der Waals surface area contributed by atoms with Gasteiger partial charge in [-0.1, -0.05) is 23.7 Å². The van der Waals surface area contributed by atoms with E-state index >= 15 is 0 Å². The number of morpholine rings is 1. The Hall–Kier alpha value is -3.43. The van der Waals surface area contributed by atoms with Crippen molar-refractivity contribution in [2.45, 2.75) is 0 Å². The SMILES string of the molecule is Cn1nc(-c2ccc(C(=O)N3CCOCC3)cc2)nc1Nc1ccc(N)c(C=N)c1Cl. The maximum absolute atomic E-state index is 12.6. The minimum absolute atomic E-state index is 0.00817. The zero-order valence-electron chi connectivity index (χ0n) is 16.9. The monoisotopic (exact) mass is 439 g/mol. The molecule has 31 heavy (non-hydrogen) atoms. The average Bonchev–Trinajstić information content (AvgIpc) is 3.16.